The number of hydrogen-bond acceptors (Lipinski definition) is 3. The Kier molecular flexibility index (Phi) is 4.40. The largest absolute Gasteiger partial charge is 0.369 e. The summed E-state index contributed by atoms with van der Waals surface area (Å²) in [6.07, 6.45) is 0. The molecule has 1 fully saturated rings. The van der Waals surface area contributed by atoms with Gasteiger partial charge in [-0.15, -0.1) is 0 Å². The molecule has 0 saturated carbocycles. The zero-order chi connectivity index (χ0) is 12.1. The van der Waals surface area contributed by atoms with E-state index in [9.17, 15) is 0 Å². The molecule has 1 heterocycles. The molecule has 0 aromatic heterocycles. The zero-order valence-corrected chi connectivity index (χ0v) is 10.9. The van der Waals surface area contributed by atoms with E-state index < -0.39 is 0 Å². The Morgan fingerprint density at radius 2 is 1.82 bits per heavy atom. The van der Waals surface area contributed by atoms with Crippen LogP contribution in [-0.2, 0) is 6.54 Å². The van der Waals surface area contributed by atoms with Gasteiger partial charge < -0.3 is 15.1 Å². The van der Waals surface area contributed by atoms with Gasteiger partial charge in [0.25, 0.3) is 0 Å². The van der Waals surface area contributed by atoms with Crippen LogP contribution >= 0.6 is 0 Å². The molecule has 0 amide bonds. The molecule has 1 saturated heterocycles. The van der Waals surface area contributed by atoms with Crippen LogP contribution in [0.15, 0.2) is 24.3 Å². The molecule has 1 aliphatic heterocycles. The highest BCUT2D eigenvalue weighted by molar-refractivity contribution is 5.54. The third kappa shape index (κ3) is 2.99. The maximum Gasteiger partial charge on any atom is 0.0412 e. The Hall–Kier alpha value is -1.06. The second-order valence-electron chi connectivity index (χ2n) is 4.58. The van der Waals surface area contributed by atoms with Crippen LogP contribution in [0.2, 0.25) is 0 Å². The first-order valence-corrected chi connectivity index (χ1v) is 6.55. The summed E-state index contributed by atoms with van der Waals surface area (Å²) in [5, 5.41) is 3.25. The molecule has 1 N–H and O–H groups in total. The Bertz CT molecular complexity index is 343. The molecule has 1 aromatic carbocycles. The summed E-state index contributed by atoms with van der Waals surface area (Å²) in [7, 11) is 2.01. The number of para-hydroxylation sites is 1. The van der Waals surface area contributed by atoms with Crippen molar-refractivity contribution in [2.75, 3.05) is 44.7 Å². The summed E-state index contributed by atoms with van der Waals surface area (Å²) < 4.78 is 0. The number of rotatable bonds is 4. The van der Waals surface area contributed by atoms with Crippen molar-refractivity contribution >= 4 is 5.69 Å². The maximum atomic E-state index is 3.25. The third-order valence-electron chi connectivity index (χ3n) is 3.52. The van der Waals surface area contributed by atoms with Crippen molar-refractivity contribution < 1.29 is 0 Å². The molecule has 0 bridgehead atoms. The van der Waals surface area contributed by atoms with Crippen LogP contribution in [0.4, 0.5) is 5.69 Å². The van der Waals surface area contributed by atoms with Crippen LogP contribution in [0.25, 0.3) is 0 Å². The van der Waals surface area contributed by atoms with E-state index in [2.05, 4.69) is 46.3 Å². The molecule has 3 nitrogen and oxygen atoms in total. The van der Waals surface area contributed by atoms with Crippen molar-refractivity contribution in [1.29, 1.82) is 0 Å². The minimum Gasteiger partial charge on any atom is -0.369 e. The van der Waals surface area contributed by atoms with E-state index in [1.165, 1.54) is 30.9 Å². The summed E-state index contributed by atoms with van der Waals surface area (Å²) >= 11 is 0. The van der Waals surface area contributed by atoms with Crippen LogP contribution < -0.4 is 10.2 Å². The normalized spacial score (nSPS) is 17.4. The molecule has 2 rings (SSSR count). The minimum absolute atomic E-state index is 0.949. The number of piperazine rings is 1. The number of benzene rings is 1. The molecular formula is C14H23N3. The summed E-state index contributed by atoms with van der Waals surface area (Å²) in [5.74, 6) is 0. The van der Waals surface area contributed by atoms with Crippen LogP contribution in [-0.4, -0.2) is 44.7 Å². The van der Waals surface area contributed by atoms with E-state index in [-0.39, 0.29) is 0 Å². The topological polar surface area (TPSA) is 18.5 Å². The van der Waals surface area contributed by atoms with Crippen LogP contribution in [0, 0.1) is 0 Å². The third-order valence-corrected chi connectivity index (χ3v) is 3.52. The van der Waals surface area contributed by atoms with Crippen molar-refractivity contribution in [3.8, 4) is 0 Å². The second kappa shape index (κ2) is 6.03. The second-order valence-corrected chi connectivity index (χ2v) is 4.58. The van der Waals surface area contributed by atoms with Crippen molar-refractivity contribution in [2.45, 2.75) is 13.5 Å². The number of hydrogen-bond donors (Lipinski definition) is 1. The molecule has 3 heteroatoms. The summed E-state index contributed by atoms with van der Waals surface area (Å²) in [6.45, 7) is 9.03. The monoisotopic (exact) mass is 233 g/mol. The Morgan fingerprint density at radius 1 is 1.12 bits per heavy atom. The Balaban J connectivity index is 2.07. The summed E-state index contributed by atoms with van der Waals surface area (Å²) in [5.41, 5.74) is 2.80. The number of anilines is 1. The van der Waals surface area contributed by atoms with Gasteiger partial charge in [-0.1, -0.05) is 25.1 Å². The van der Waals surface area contributed by atoms with E-state index in [0.717, 1.165) is 19.6 Å². The molecule has 0 atom stereocenters. The highest BCUT2D eigenvalue weighted by Gasteiger charge is 2.17. The molecule has 0 radical (unpaired) electrons. The average molecular weight is 233 g/mol. The van der Waals surface area contributed by atoms with Gasteiger partial charge in [-0.3, -0.25) is 0 Å². The molecule has 94 valence electrons. The lowest BCUT2D eigenvalue weighted by atomic mass is 10.1. The van der Waals surface area contributed by atoms with Gasteiger partial charge in [0.05, 0.1) is 0 Å². The quantitative estimate of drug-likeness (QED) is 0.851. The zero-order valence-electron chi connectivity index (χ0n) is 10.9. The average Bonchev–Trinajstić information content (AvgIpc) is 2.40. The summed E-state index contributed by atoms with van der Waals surface area (Å²) in [6, 6.07) is 8.73. The van der Waals surface area contributed by atoms with Gasteiger partial charge in [-0.05, 0) is 25.2 Å². The molecular weight excluding hydrogens is 210 g/mol. The lowest BCUT2D eigenvalue weighted by Gasteiger charge is -2.36. The van der Waals surface area contributed by atoms with Gasteiger partial charge in [-0.2, -0.15) is 0 Å². The van der Waals surface area contributed by atoms with E-state index in [4.69, 9.17) is 0 Å². The standard InChI is InChI=1S/C14H23N3/c1-3-16-8-10-17(11-9-16)14-7-5-4-6-13(14)12-15-2/h4-7,15H,3,8-12H2,1-2H3. The first-order chi connectivity index (χ1) is 8.35. The molecule has 1 aliphatic rings. The van der Waals surface area contributed by atoms with E-state index in [1.807, 2.05) is 7.05 Å². The van der Waals surface area contributed by atoms with Gasteiger partial charge in [-0.25, -0.2) is 0 Å². The Labute approximate surface area is 104 Å². The highest BCUT2D eigenvalue weighted by atomic mass is 15.3. The smallest absolute Gasteiger partial charge is 0.0412 e. The van der Waals surface area contributed by atoms with Crippen LogP contribution in [0.1, 0.15) is 12.5 Å². The van der Waals surface area contributed by atoms with Gasteiger partial charge in [0.15, 0.2) is 0 Å². The summed E-state index contributed by atoms with van der Waals surface area (Å²) in [4.78, 5) is 5.02. The number of likely N-dealkylation sites (N-methyl/N-ethyl adjacent to an activating group) is 1. The molecule has 1 aromatic rings. The maximum absolute atomic E-state index is 3.25. The highest BCUT2D eigenvalue weighted by Crippen LogP contribution is 2.21. The molecule has 0 spiro atoms. The Morgan fingerprint density at radius 3 is 2.47 bits per heavy atom. The van der Waals surface area contributed by atoms with E-state index in [1.54, 1.807) is 0 Å². The fraction of sp³-hybridized carbons (Fsp3) is 0.571. The lowest BCUT2D eigenvalue weighted by molar-refractivity contribution is 0.271. The fourth-order valence-electron chi connectivity index (χ4n) is 2.46. The van der Waals surface area contributed by atoms with Gasteiger partial charge in [0, 0.05) is 38.4 Å². The van der Waals surface area contributed by atoms with E-state index >= 15 is 0 Å². The van der Waals surface area contributed by atoms with Crippen molar-refractivity contribution in [1.82, 2.24) is 10.2 Å². The molecule has 17 heavy (non-hydrogen) atoms. The minimum atomic E-state index is 0.949. The SMILES string of the molecule is CCN1CCN(c2ccccc2CNC)CC1. The number of nitrogens with zero attached hydrogens (tertiary/aromatic N) is 2. The van der Waals surface area contributed by atoms with Crippen molar-refractivity contribution in [2.24, 2.45) is 0 Å². The van der Waals surface area contributed by atoms with Crippen LogP contribution in [0.3, 0.4) is 0 Å². The molecule has 0 unspecified atom stereocenters. The number of nitrogens with one attached hydrogen (secondary N) is 1. The van der Waals surface area contributed by atoms with Gasteiger partial charge in [0.1, 0.15) is 0 Å². The van der Waals surface area contributed by atoms with Gasteiger partial charge >= 0.3 is 0 Å². The first kappa shape index (κ1) is 12.4. The van der Waals surface area contributed by atoms with Crippen molar-refractivity contribution in [3.05, 3.63) is 29.8 Å². The van der Waals surface area contributed by atoms with Crippen LogP contribution in [0.5, 0.6) is 0 Å². The van der Waals surface area contributed by atoms with Crippen molar-refractivity contribution in [3.63, 3.8) is 0 Å². The predicted molar refractivity (Wildman–Crippen MR) is 73.5 cm³/mol. The molecule has 0 aliphatic carbocycles. The first-order valence-electron chi connectivity index (χ1n) is 6.55. The van der Waals surface area contributed by atoms with E-state index in [0.29, 0.717) is 0 Å². The fourth-order valence-corrected chi connectivity index (χ4v) is 2.46. The van der Waals surface area contributed by atoms with Gasteiger partial charge in [0.2, 0.25) is 0 Å². The predicted octanol–water partition coefficient (Wildman–Crippen LogP) is 1.55. The lowest BCUT2D eigenvalue weighted by Crippen LogP contribution is -2.46.